The Bertz CT molecular complexity index is 632. The number of carbonyl (C=O) groups is 1. The number of amides is 1. The number of methoxy groups -OCH3 is 3. The van der Waals surface area contributed by atoms with Gasteiger partial charge in [-0.1, -0.05) is 13.0 Å². The van der Waals surface area contributed by atoms with E-state index in [4.69, 9.17) is 14.2 Å². The number of carbonyl (C=O) groups excluding carboxylic acids is 1. The van der Waals surface area contributed by atoms with Crippen LogP contribution in [0.25, 0.3) is 0 Å². The van der Waals surface area contributed by atoms with E-state index in [1.807, 2.05) is 12.1 Å². The SMILES string of the molecule is C=CCN1CCc2cc(OC)c(OC)cc2C1C(CC)NC(=O)COC. The Labute approximate surface area is 156 Å². The first-order valence-corrected chi connectivity index (χ1v) is 8.97. The number of nitrogens with one attached hydrogen (secondary N) is 1. The molecule has 0 radical (unpaired) electrons. The fourth-order valence-electron chi connectivity index (χ4n) is 3.65. The summed E-state index contributed by atoms with van der Waals surface area (Å²) in [4.78, 5) is 14.5. The van der Waals surface area contributed by atoms with Crippen LogP contribution in [0, 0.1) is 0 Å². The van der Waals surface area contributed by atoms with Crippen molar-refractivity contribution in [2.24, 2.45) is 0 Å². The molecule has 2 atom stereocenters. The Morgan fingerprint density at radius 2 is 2.04 bits per heavy atom. The zero-order valence-electron chi connectivity index (χ0n) is 16.2. The molecule has 26 heavy (non-hydrogen) atoms. The molecule has 2 rings (SSSR count). The topological polar surface area (TPSA) is 60.0 Å². The van der Waals surface area contributed by atoms with E-state index in [9.17, 15) is 4.79 Å². The maximum absolute atomic E-state index is 12.1. The van der Waals surface area contributed by atoms with Gasteiger partial charge in [0.25, 0.3) is 0 Å². The number of fused-ring (bicyclic) bond motifs is 1. The van der Waals surface area contributed by atoms with Crippen molar-refractivity contribution in [2.75, 3.05) is 41.0 Å². The van der Waals surface area contributed by atoms with Crippen molar-refractivity contribution in [1.82, 2.24) is 10.2 Å². The Morgan fingerprint density at radius 3 is 2.62 bits per heavy atom. The zero-order valence-corrected chi connectivity index (χ0v) is 16.2. The summed E-state index contributed by atoms with van der Waals surface area (Å²) in [5, 5.41) is 3.12. The lowest BCUT2D eigenvalue weighted by Crippen LogP contribution is -2.49. The van der Waals surface area contributed by atoms with Gasteiger partial charge in [0.2, 0.25) is 5.91 Å². The fraction of sp³-hybridized carbons (Fsp3) is 0.550. The van der Waals surface area contributed by atoms with Gasteiger partial charge in [0.05, 0.1) is 20.3 Å². The van der Waals surface area contributed by atoms with Crippen molar-refractivity contribution < 1.29 is 19.0 Å². The molecule has 6 nitrogen and oxygen atoms in total. The first-order chi connectivity index (χ1) is 12.6. The summed E-state index contributed by atoms with van der Waals surface area (Å²) < 4.78 is 15.9. The maximum Gasteiger partial charge on any atom is 0.246 e. The van der Waals surface area contributed by atoms with Gasteiger partial charge in [-0.05, 0) is 36.1 Å². The van der Waals surface area contributed by atoms with Crippen molar-refractivity contribution in [3.05, 3.63) is 35.9 Å². The Morgan fingerprint density at radius 1 is 1.35 bits per heavy atom. The first-order valence-electron chi connectivity index (χ1n) is 8.97. The lowest BCUT2D eigenvalue weighted by Gasteiger charge is -2.41. The van der Waals surface area contributed by atoms with Crippen LogP contribution in [-0.2, 0) is 16.0 Å². The van der Waals surface area contributed by atoms with Crippen molar-refractivity contribution in [3.63, 3.8) is 0 Å². The van der Waals surface area contributed by atoms with E-state index in [1.54, 1.807) is 14.2 Å². The largest absolute Gasteiger partial charge is 0.493 e. The van der Waals surface area contributed by atoms with Crippen LogP contribution in [0.15, 0.2) is 24.8 Å². The molecule has 6 heteroatoms. The van der Waals surface area contributed by atoms with E-state index in [2.05, 4.69) is 29.8 Å². The Balaban J connectivity index is 2.44. The first kappa shape index (κ1) is 20.3. The summed E-state index contributed by atoms with van der Waals surface area (Å²) in [5.74, 6) is 1.33. The van der Waals surface area contributed by atoms with Gasteiger partial charge in [-0.3, -0.25) is 9.69 Å². The molecule has 0 saturated heterocycles. The molecule has 0 spiro atoms. The summed E-state index contributed by atoms with van der Waals surface area (Å²) >= 11 is 0. The number of benzene rings is 1. The number of nitrogens with zero attached hydrogens (tertiary/aromatic N) is 1. The summed E-state index contributed by atoms with van der Waals surface area (Å²) in [5.41, 5.74) is 2.40. The van der Waals surface area contributed by atoms with Gasteiger partial charge < -0.3 is 19.5 Å². The van der Waals surface area contributed by atoms with Crippen LogP contribution < -0.4 is 14.8 Å². The van der Waals surface area contributed by atoms with Gasteiger partial charge in [0, 0.05) is 26.2 Å². The second-order valence-electron chi connectivity index (χ2n) is 6.40. The molecule has 1 amide bonds. The minimum absolute atomic E-state index is 0.0326. The van der Waals surface area contributed by atoms with Gasteiger partial charge >= 0.3 is 0 Å². The highest BCUT2D eigenvalue weighted by molar-refractivity contribution is 5.77. The van der Waals surface area contributed by atoms with E-state index < -0.39 is 0 Å². The Kier molecular flexibility index (Phi) is 7.48. The normalized spacial score (nSPS) is 17.9. The van der Waals surface area contributed by atoms with E-state index in [-0.39, 0.29) is 24.6 Å². The van der Waals surface area contributed by atoms with Gasteiger partial charge in [-0.25, -0.2) is 0 Å². The molecule has 2 unspecified atom stereocenters. The van der Waals surface area contributed by atoms with Crippen LogP contribution in [0.1, 0.15) is 30.5 Å². The fourth-order valence-corrected chi connectivity index (χ4v) is 3.65. The molecule has 1 aromatic carbocycles. The average Bonchev–Trinajstić information content (AvgIpc) is 2.65. The van der Waals surface area contributed by atoms with E-state index >= 15 is 0 Å². The van der Waals surface area contributed by atoms with E-state index in [0.717, 1.165) is 31.7 Å². The molecule has 144 valence electrons. The number of hydrogen-bond acceptors (Lipinski definition) is 5. The van der Waals surface area contributed by atoms with Crippen molar-refractivity contribution in [3.8, 4) is 11.5 Å². The molecule has 0 saturated carbocycles. The minimum Gasteiger partial charge on any atom is -0.493 e. The van der Waals surface area contributed by atoms with Crippen molar-refractivity contribution in [2.45, 2.75) is 31.8 Å². The molecule has 0 bridgehead atoms. The van der Waals surface area contributed by atoms with Gasteiger partial charge in [0.15, 0.2) is 11.5 Å². The smallest absolute Gasteiger partial charge is 0.246 e. The minimum atomic E-state index is -0.106. The van der Waals surface area contributed by atoms with E-state index in [1.165, 1.54) is 18.2 Å². The third-order valence-electron chi connectivity index (χ3n) is 4.83. The van der Waals surface area contributed by atoms with Gasteiger partial charge in [-0.15, -0.1) is 6.58 Å². The highest BCUT2D eigenvalue weighted by atomic mass is 16.5. The van der Waals surface area contributed by atoms with Gasteiger partial charge in [0.1, 0.15) is 6.61 Å². The highest BCUT2D eigenvalue weighted by Crippen LogP contribution is 2.39. The van der Waals surface area contributed by atoms with Crippen molar-refractivity contribution in [1.29, 1.82) is 0 Å². The summed E-state index contributed by atoms with van der Waals surface area (Å²) in [6, 6.07) is 4.10. The summed E-state index contributed by atoms with van der Waals surface area (Å²) in [7, 11) is 4.81. The predicted molar refractivity (Wildman–Crippen MR) is 102 cm³/mol. The number of rotatable bonds is 9. The predicted octanol–water partition coefficient (Wildman–Crippen LogP) is 2.33. The summed E-state index contributed by atoms with van der Waals surface area (Å²) in [6.45, 7) is 7.69. The second-order valence-corrected chi connectivity index (χ2v) is 6.40. The van der Waals surface area contributed by atoms with Crippen LogP contribution in [0.2, 0.25) is 0 Å². The average molecular weight is 362 g/mol. The molecule has 1 aliphatic heterocycles. The third-order valence-corrected chi connectivity index (χ3v) is 4.83. The quantitative estimate of drug-likeness (QED) is 0.683. The lowest BCUT2D eigenvalue weighted by molar-refractivity contribution is -0.126. The number of hydrogen-bond donors (Lipinski definition) is 1. The van der Waals surface area contributed by atoms with Crippen LogP contribution in [0.3, 0.4) is 0 Å². The summed E-state index contributed by atoms with van der Waals surface area (Å²) in [6.07, 6.45) is 3.63. The Hall–Kier alpha value is -2.05. The number of ether oxygens (including phenoxy) is 3. The second kappa shape index (κ2) is 9.59. The molecular weight excluding hydrogens is 332 g/mol. The molecule has 0 aliphatic carbocycles. The molecule has 1 aliphatic rings. The van der Waals surface area contributed by atoms with Crippen LogP contribution >= 0.6 is 0 Å². The van der Waals surface area contributed by atoms with Crippen LogP contribution in [0.5, 0.6) is 11.5 Å². The van der Waals surface area contributed by atoms with Crippen LogP contribution in [0.4, 0.5) is 0 Å². The van der Waals surface area contributed by atoms with E-state index in [0.29, 0.717) is 5.75 Å². The van der Waals surface area contributed by atoms with Crippen molar-refractivity contribution >= 4 is 5.91 Å². The zero-order chi connectivity index (χ0) is 19.1. The molecule has 1 N–H and O–H groups in total. The standard InChI is InChI=1S/C20H30N2O4/c1-6-9-22-10-8-14-11-17(25-4)18(26-5)12-15(14)20(22)16(7-2)21-19(23)13-24-3/h6,11-12,16,20H,1,7-10,13H2,2-5H3,(H,21,23). The molecule has 1 heterocycles. The van der Waals surface area contributed by atoms with Gasteiger partial charge in [-0.2, -0.15) is 0 Å². The molecular formula is C20H30N2O4. The lowest BCUT2D eigenvalue weighted by atomic mass is 9.86. The highest BCUT2D eigenvalue weighted by Gasteiger charge is 2.34. The van der Waals surface area contributed by atoms with Crippen LogP contribution in [-0.4, -0.2) is 57.9 Å². The molecule has 0 aromatic heterocycles. The molecule has 1 aromatic rings. The maximum atomic E-state index is 12.1. The monoisotopic (exact) mass is 362 g/mol. The molecule has 0 fully saturated rings. The third kappa shape index (κ3) is 4.37.